The zero-order chi connectivity index (χ0) is 17.0. The van der Waals surface area contributed by atoms with Crippen LogP contribution in [0.15, 0.2) is 0 Å². The fraction of sp³-hybridized carbons (Fsp3) is 1.00. The van der Waals surface area contributed by atoms with Crippen molar-refractivity contribution in [2.24, 2.45) is 5.73 Å². The Labute approximate surface area is 129 Å². The summed E-state index contributed by atoms with van der Waals surface area (Å²) in [5.41, 5.74) is 5.35. The Bertz CT molecular complexity index is 442. The highest BCUT2D eigenvalue weighted by molar-refractivity contribution is 7.87. The third-order valence-electron chi connectivity index (χ3n) is 3.63. The van der Waals surface area contributed by atoms with Gasteiger partial charge >= 0.3 is 15.2 Å². The van der Waals surface area contributed by atoms with Gasteiger partial charge in [0.05, 0.1) is 6.61 Å². The van der Waals surface area contributed by atoms with E-state index in [1.807, 2.05) is 6.92 Å². The molecule has 0 amide bonds. The summed E-state index contributed by atoms with van der Waals surface area (Å²) in [5.74, 6) is 0. The highest BCUT2D eigenvalue weighted by Crippen LogP contribution is 2.35. The maximum Gasteiger partial charge on any atom is 0.329 e. The minimum Gasteiger partial charge on any atom is -0.388 e. The van der Waals surface area contributed by atoms with E-state index in [1.54, 1.807) is 0 Å². The lowest BCUT2D eigenvalue weighted by Crippen LogP contribution is -2.69. The Morgan fingerprint density at radius 2 is 1.82 bits per heavy atom. The standard InChI is InChI=1S/C12H25NO8S/c1-2-3-4-5-6-20-12(22(17,18)19)11(16)10(15)9(14)8(7-13)21-12/h8-11,14-16H,2-7,13H2,1H3,(H,17,18,19)/t8-,9-,10+,11+,12-/m0/s1. The number of aliphatic hydroxyl groups excluding tert-OH is 3. The van der Waals surface area contributed by atoms with Gasteiger partial charge in [-0.05, 0) is 6.42 Å². The largest absolute Gasteiger partial charge is 0.388 e. The van der Waals surface area contributed by atoms with Gasteiger partial charge < -0.3 is 30.5 Å². The minimum absolute atomic E-state index is 0.114. The normalized spacial score (nSPS) is 36.5. The van der Waals surface area contributed by atoms with Gasteiger partial charge in [0.2, 0.25) is 0 Å². The second kappa shape index (κ2) is 7.97. The summed E-state index contributed by atoms with van der Waals surface area (Å²) in [6.07, 6.45) is -3.85. The first-order valence-electron chi connectivity index (χ1n) is 7.24. The van der Waals surface area contributed by atoms with Crippen molar-refractivity contribution in [3.63, 3.8) is 0 Å². The van der Waals surface area contributed by atoms with Crippen LogP contribution < -0.4 is 5.73 Å². The van der Waals surface area contributed by atoms with Gasteiger partial charge in [0, 0.05) is 6.54 Å². The molecule has 1 heterocycles. The van der Waals surface area contributed by atoms with Crippen molar-refractivity contribution in [2.75, 3.05) is 13.2 Å². The molecule has 5 atom stereocenters. The number of hydrogen-bond acceptors (Lipinski definition) is 8. The molecular formula is C12H25NO8S. The van der Waals surface area contributed by atoms with Crippen LogP contribution in [0, 0.1) is 0 Å². The Balaban J connectivity index is 2.95. The minimum atomic E-state index is -5.05. The van der Waals surface area contributed by atoms with Crippen LogP contribution in [0.1, 0.15) is 32.6 Å². The molecule has 132 valence electrons. The highest BCUT2D eigenvalue weighted by atomic mass is 32.2. The maximum absolute atomic E-state index is 11.7. The van der Waals surface area contributed by atoms with Gasteiger partial charge in [-0.3, -0.25) is 4.55 Å². The molecule has 22 heavy (non-hydrogen) atoms. The summed E-state index contributed by atoms with van der Waals surface area (Å²) in [7, 11) is -5.05. The number of ether oxygens (including phenoxy) is 2. The van der Waals surface area contributed by atoms with Gasteiger partial charge in [-0.2, -0.15) is 8.42 Å². The van der Waals surface area contributed by atoms with Crippen LogP contribution in [-0.2, 0) is 19.6 Å². The number of unbranched alkanes of at least 4 members (excludes halogenated alkanes) is 3. The molecule has 0 spiro atoms. The Morgan fingerprint density at radius 1 is 1.18 bits per heavy atom. The average molecular weight is 343 g/mol. The van der Waals surface area contributed by atoms with Crippen molar-refractivity contribution in [3.8, 4) is 0 Å². The van der Waals surface area contributed by atoms with Crippen LogP contribution >= 0.6 is 0 Å². The first kappa shape index (κ1) is 19.7. The fourth-order valence-corrected chi connectivity index (χ4v) is 3.23. The van der Waals surface area contributed by atoms with Crippen LogP contribution in [0.2, 0.25) is 0 Å². The van der Waals surface area contributed by atoms with E-state index in [9.17, 15) is 28.3 Å². The van der Waals surface area contributed by atoms with Gasteiger partial charge in [-0.1, -0.05) is 26.2 Å². The van der Waals surface area contributed by atoms with Crippen molar-refractivity contribution >= 4 is 10.1 Å². The van der Waals surface area contributed by atoms with E-state index >= 15 is 0 Å². The molecule has 0 bridgehead atoms. The molecule has 0 aromatic heterocycles. The van der Waals surface area contributed by atoms with Crippen LogP contribution in [-0.4, -0.2) is 71.0 Å². The topological polar surface area (TPSA) is 160 Å². The third kappa shape index (κ3) is 3.95. The fourth-order valence-electron chi connectivity index (χ4n) is 2.30. The number of nitrogens with two attached hydrogens (primary N) is 1. The predicted octanol–water partition coefficient (Wildman–Crippen LogP) is -1.43. The predicted molar refractivity (Wildman–Crippen MR) is 76.3 cm³/mol. The first-order chi connectivity index (χ1) is 10.2. The second-order valence-electron chi connectivity index (χ2n) is 5.31. The van der Waals surface area contributed by atoms with E-state index in [4.69, 9.17) is 15.2 Å². The molecule has 10 heteroatoms. The maximum atomic E-state index is 11.7. The van der Waals surface area contributed by atoms with Gasteiger partial charge in [0.1, 0.15) is 18.3 Å². The molecule has 1 fully saturated rings. The van der Waals surface area contributed by atoms with E-state index in [-0.39, 0.29) is 13.2 Å². The van der Waals surface area contributed by atoms with Gasteiger partial charge in [-0.25, -0.2) is 0 Å². The molecule has 1 saturated heterocycles. The first-order valence-corrected chi connectivity index (χ1v) is 8.68. The van der Waals surface area contributed by atoms with E-state index < -0.39 is 39.7 Å². The molecule has 0 aromatic rings. The zero-order valence-corrected chi connectivity index (χ0v) is 13.3. The van der Waals surface area contributed by atoms with Crippen LogP contribution in [0.3, 0.4) is 0 Å². The molecule has 6 N–H and O–H groups in total. The lowest BCUT2D eigenvalue weighted by molar-refractivity contribution is -0.320. The summed E-state index contributed by atoms with van der Waals surface area (Å²) < 4.78 is 42.9. The molecule has 0 aromatic carbocycles. The molecule has 0 saturated carbocycles. The Kier molecular flexibility index (Phi) is 7.15. The van der Waals surface area contributed by atoms with Crippen LogP contribution in [0.25, 0.3) is 0 Å². The van der Waals surface area contributed by atoms with Crippen molar-refractivity contribution in [2.45, 2.75) is 62.1 Å². The monoisotopic (exact) mass is 343 g/mol. The molecule has 0 aliphatic carbocycles. The van der Waals surface area contributed by atoms with E-state index in [2.05, 4.69) is 0 Å². The van der Waals surface area contributed by atoms with Crippen LogP contribution in [0.5, 0.6) is 0 Å². The van der Waals surface area contributed by atoms with Crippen molar-refractivity contribution < 1.29 is 37.8 Å². The zero-order valence-electron chi connectivity index (χ0n) is 12.5. The van der Waals surface area contributed by atoms with Crippen molar-refractivity contribution in [3.05, 3.63) is 0 Å². The van der Waals surface area contributed by atoms with E-state index in [0.717, 1.165) is 19.3 Å². The second-order valence-corrected chi connectivity index (χ2v) is 6.82. The van der Waals surface area contributed by atoms with E-state index in [1.165, 1.54) is 0 Å². The summed E-state index contributed by atoms with van der Waals surface area (Å²) in [6, 6.07) is 0. The molecule has 0 radical (unpaired) electrons. The lowest BCUT2D eigenvalue weighted by atomic mass is 9.98. The Morgan fingerprint density at radius 3 is 2.32 bits per heavy atom. The van der Waals surface area contributed by atoms with Crippen molar-refractivity contribution in [1.29, 1.82) is 0 Å². The van der Waals surface area contributed by atoms with Gasteiger partial charge in [0.25, 0.3) is 0 Å². The average Bonchev–Trinajstić information content (AvgIpc) is 2.45. The highest BCUT2D eigenvalue weighted by Gasteiger charge is 2.62. The molecule has 9 nitrogen and oxygen atoms in total. The smallest absolute Gasteiger partial charge is 0.329 e. The summed E-state index contributed by atoms with van der Waals surface area (Å²) in [5, 5.41) is 26.6. The van der Waals surface area contributed by atoms with E-state index in [0.29, 0.717) is 6.42 Å². The SMILES string of the molecule is CCCCCCO[C@]1(S(=O)(=O)O)O[C@@H](CN)[C@H](O)[C@@H](O)[C@H]1O. The molecular weight excluding hydrogens is 318 g/mol. The molecule has 0 unspecified atom stereocenters. The lowest BCUT2D eigenvalue weighted by Gasteiger charge is -2.45. The summed E-state index contributed by atoms with van der Waals surface area (Å²) in [4.78, 5) is 0. The summed E-state index contributed by atoms with van der Waals surface area (Å²) in [6.45, 7) is 1.55. The van der Waals surface area contributed by atoms with Crippen molar-refractivity contribution in [1.82, 2.24) is 0 Å². The molecule has 1 aliphatic heterocycles. The number of hydrogen-bond donors (Lipinski definition) is 5. The quantitative estimate of drug-likeness (QED) is 0.263. The van der Waals surface area contributed by atoms with Gasteiger partial charge in [-0.15, -0.1) is 0 Å². The van der Waals surface area contributed by atoms with Gasteiger partial charge in [0.15, 0.2) is 6.10 Å². The summed E-state index contributed by atoms with van der Waals surface area (Å²) >= 11 is 0. The Hall–Kier alpha value is -0.330. The number of aliphatic hydroxyl groups is 3. The molecule has 1 rings (SSSR count). The van der Waals surface area contributed by atoms with Crippen LogP contribution in [0.4, 0.5) is 0 Å². The molecule has 1 aliphatic rings. The number of rotatable bonds is 8. The third-order valence-corrected chi connectivity index (χ3v) is 4.80.